The van der Waals surface area contributed by atoms with Crippen LogP contribution in [0, 0.1) is 6.92 Å². The number of amides is 1. The minimum atomic E-state index is 0.221. The summed E-state index contributed by atoms with van der Waals surface area (Å²) < 4.78 is 0. The van der Waals surface area contributed by atoms with Gasteiger partial charge < -0.3 is 5.32 Å². The first-order valence-electron chi connectivity index (χ1n) is 6.33. The van der Waals surface area contributed by atoms with Crippen LogP contribution in [0.1, 0.15) is 65.2 Å². The van der Waals surface area contributed by atoms with Gasteiger partial charge in [0.1, 0.15) is 0 Å². The average Bonchev–Trinajstić information content (AvgIpc) is 2.25. The molecular weight excluding hydrogens is 186 g/mol. The third-order valence-corrected chi connectivity index (χ3v) is 2.75. The van der Waals surface area contributed by atoms with E-state index in [2.05, 4.69) is 26.1 Å². The first-order chi connectivity index (χ1) is 7.24. The van der Waals surface area contributed by atoms with Crippen LogP contribution in [0.25, 0.3) is 0 Å². The lowest BCUT2D eigenvalue weighted by Crippen LogP contribution is -2.33. The summed E-state index contributed by atoms with van der Waals surface area (Å²) in [5.74, 6) is 0.221. The first-order valence-corrected chi connectivity index (χ1v) is 6.33. The van der Waals surface area contributed by atoms with Crippen molar-refractivity contribution in [3.05, 3.63) is 6.92 Å². The van der Waals surface area contributed by atoms with E-state index in [1.807, 2.05) is 0 Å². The van der Waals surface area contributed by atoms with Gasteiger partial charge in [0.05, 0.1) is 0 Å². The Labute approximate surface area is 94.8 Å². The van der Waals surface area contributed by atoms with Gasteiger partial charge in [0, 0.05) is 12.5 Å². The van der Waals surface area contributed by atoms with Gasteiger partial charge in [-0.1, -0.05) is 46.5 Å². The van der Waals surface area contributed by atoms with E-state index < -0.39 is 0 Å². The third-order valence-electron chi connectivity index (χ3n) is 2.75. The summed E-state index contributed by atoms with van der Waals surface area (Å²) >= 11 is 0. The highest BCUT2D eigenvalue weighted by Gasteiger charge is 2.07. The van der Waals surface area contributed by atoms with Crippen molar-refractivity contribution in [2.24, 2.45) is 0 Å². The number of carbonyl (C=O) groups excluding carboxylic acids is 1. The molecule has 0 unspecified atom stereocenters. The standard InChI is InChI=1S/C13H26NO/c1-4-7-8-9-10-11-13(15)14-12(5-2)6-3/h12H,1,4-11H2,2-3H3,(H,14,15). The predicted molar refractivity (Wildman–Crippen MR) is 65.6 cm³/mol. The van der Waals surface area contributed by atoms with E-state index in [1.165, 1.54) is 12.8 Å². The van der Waals surface area contributed by atoms with Crippen LogP contribution in [0.5, 0.6) is 0 Å². The fraction of sp³-hybridized carbons (Fsp3) is 0.846. The van der Waals surface area contributed by atoms with E-state index in [0.717, 1.165) is 32.1 Å². The van der Waals surface area contributed by atoms with E-state index in [-0.39, 0.29) is 5.91 Å². The molecule has 0 heterocycles. The Kier molecular flexibility index (Phi) is 9.65. The Hall–Kier alpha value is -0.530. The maximum atomic E-state index is 11.5. The zero-order chi connectivity index (χ0) is 11.5. The van der Waals surface area contributed by atoms with Crippen LogP contribution < -0.4 is 5.32 Å². The van der Waals surface area contributed by atoms with Crippen LogP contribution in [0.15, 0.2) is 0 Å². The Morgan fingerprint density at radius 3 is 2.27 bits per heavy atom. The van der Waals surface area contributed by atoms with Crippen molar-refractivity contribution >= 4 is 5.91 Å². The molecule has 0 aliphatic rings. The molecule has 1 radical (unpaired) electrons. The fourth-order valence-electron chi connectivity index (χ4n) is 1.61. The zero-order valence-electron chi connectivity index (χ0n) is 10.3. The topological polar surface area (TPSA) is 29.1 Å². The summed E-state index contributed by atoms with van der Waals surface area (Å²) in [7, 11) is 0. The van der Waals surface area contributed by atoms with E-state index in [4.69, 9.17) is 0 Å². The van der Waals surface area contributed by atoms with E-state index in [1.54, 1.807) is 0 Å². The second-order valence-corrected chi connectivity index (χ2v) is 4.10. The van der Waals surface area contributed by atoms with Gasteiger partial charge in [0.2, 0.25) is 5.91 Å². The van der Waals surface area contributed by atoms with E-state index >= 15 is 0 Å². The molecule has 0 bridgehead atoms. The Morgan fingerprint density at radius 1 is 1.13 bits per heavy atom. The van der Waals surface area contributed by atoms with Crippen LogP contribution in [-0.2, 0) is 4.79 Å². The number of rotatable bonds is 9. The molecule has 15 heavy (non-hydrogen) atoms. The summed E-state index contributed by atoms with van der Waals surface area (Å²) in [4.78, 5) is 11.5. The molecule has 0 aromatic carbocycles. The molecular formula is C13H26NO. The molecule has 2 nitrogen and oxygen atoms in total. The lowest BCUT2D eigenvalue weighted by Gasteiger charge is -2.14. The number of hydrogen-bond donors (Lipinski definition) is 1. The Morgan fingerprint density at radius 2 is 1.73 bits per heavy atom. The normalized spacial score (nSPS) is 10.7. The van der Waals surface area contributed by atoms with Crippen molar-refractivity contribution < 1.29 is 4.79 Å². The molecule has 0 aliphatic heterocycles. The number of carbonyl (C=O) groups is 1. The van der Waals surface area contributed by atoms with Gasteiger partial charge in [-0.2, -0.15) is 0 Å². The fourth-order valence-corrected chi connectivity index (χ4v) is 1.61. The number of nitrogens with one attached hydrogen (secondary N) is 1. The largest absolute Gasteiger partial charge is 0.353 e. The van der Waals surface area contributed by atoms with Crippen LogP contribution in [0.2, 0.25) is 0 Å². The Bertz CT molecular complexity index is 153. The van der Waals surface area contributed by atoms with Gasteiger partial charge >= 0.3 is 0 Å². The van der Waals surface area contributed by atoms with Gasteiger partial charge in [0.15, 0.2) is 0 Å². The van der Waals surface area contributed by atoms with Crippen molar-refractivity contribution in [3.63, 3.8) is 0 Å². The molecule has 0 fully saturated rings. The minimum Gasteiger partial charge on any atom is -0.353 e. The highest BCUT2D eigenvalue weighted by Crippen LogP contribution is 2.05. The van der Waals surface area contributed by atoms with Gasteiger partial charge in [-0.3, -0.25) is 4.79 Å². The van der Waals surface area contributed by atoms with E-state index in [0.29, 0.717) is 12.5 Å². The molecule has 0 aromatic heterocycles. The molecule has 0 aliphatic carbocycles. The average molecular weight is 212 g/mol. The van der Waals surface area contributed by atoms with Crippen LogP contribution in [0.4, 0.5) is 0 Å². The molecule has 0 atom stereocenters. The maximum Gasteiger partial charge on any atom is 0.220 e. The number of hydrogen-bond acceptors (Lipinski definition) is 1. The molecule has 0 aromatic rings. The smallest absolute Gasteiger partial charge is 0.220 e. The SMILES string of the molecule is [CH2]CCCCCCC(=O)NC(CC)CC. The third kappa shape index (κ3) is 8.46. The second kappa shape index (κ2) is 10.0. The van der Waals surface area contributed by atoms with Gasteiger partial charge in [-0.15, -0.1) is 0 Å². The van der Waals surface area contributed by atoms with Crippen molar-refractivity contribution in [3.8, 4) is 0 Å². The van der Waals surface area contributed by atoms with Crippen LogP contribution >= 0.6 is 0 Å². The van der Waals surface area contributed by atoms with Crippen LogP contribution in [0.3, 0.4) is 0 Å². The van der Waals surface area contributed by atoms with Crippen molar-refractivity contribution in [1.29, 1.82) is 0 Å². The van der Waals surface area contributed by atoms with E-state index in [9.17, 15) is 4.79 Å². The van der Waals surface area contributed by atoms with Crippen molar-refractivity contribution in [2.75, 3.05) is 0 Å². The monoisotopic (exact) mass is 212 g/mol. The summed E-state index contributed by atoms with van der Waals surface area (Å²) in [6.45, 7) is 8.03. The maximum absolute atomic E-state index is 11.5. The lowest BCUT2D eigenvalue weighted by molar-refractivity contribution is -0.121. The summed E-state index contributed by atoms with van der Waals surface area (Å²) in [5.41, 5.74) is 0. The highest BCUT2D eigenvalue weighted by atomic mass is 16.1. The molecule has 0 saturated heterocycles. The molecule has 1 N–H and O–H groups in total. The summed E-state index contributed by atoms with van der Waals surface area (Å²) in [5, 5.41) is 3.06. The van der Waals surface area contributed by atoms with Gasteiger partial charge in [0.25, 0.3) is 0 Å². The highest BCUT2D eigenvalue weighted by molar-refractivity contribution is 5.76. The van der Waals surface area contributed by atoms with Crippen molar-refractivity contribution in [1.82, 2.24) is 5.32 Å². The van der Waals surface area contributed by atoms with Crippen molar-refractivity contribution in [2.45, 2.75) is 71.3 Å². The summed E-state index contributed by atoms with van der Waals surface area (Å²) in [6, 6.07) is 0.373. The van der Waals surface area contributed by atoms with Crippen LogP contribution in [-0.4, -0.2) is 11.9 Å². The first kappa shape index (κ1) is 14.5. The quantitative estimate of drug-likeness (QED) is 0.583. The minimum absolute atomic E-state index is 0.221. The molecule has 0 spiro atoms. The molecule has 0 saturated carbocycles. The predicted octanol–water partition coefficient (Wildman–Crippen LogP) is 3.47. The summed E-state index contributed by atoms with van der Waals surface area (Å²) in [6.07, 6.45) is 8.34. The second-order valence-electron chi connectivity index (χ2n) is 4.10. The Balaban J connectivity index is 3.40. The molecule has 0 rings (SSSR count). The molecule has 2 heteroatoms. The zero-order valence-corrected chi connectivity index (χ0v) is 10.3. The molecule has 1 amide bonds. The molecule has 89 valence electrons. The lowest BCUT2D eigenvalue weighted by atomic mass is 10.1. The number of unbranched alkanes of at least 4 members (excludes halogenated alkanes) is 4. The van der Waals surface area contributed by atoms with Gasteiger partial charge in [-0.25, -0.2) is 0 Å². The van der Waals surface area contributed by atoms with Gasteiger partial charge in [-0.05, 0) is 19.3 Å².